The van der Waals surface area contributed by atoms with Crippen LogP contribution in [0.3, 0.4) is 0 Å². The Labute approximate surface area is 168 Å². The van der Waals surface area contributed by atoms with Gasteiger partial charge in [0.2, 0.25) is 11.7 Å². The molecule has 1 aliphatic heterocycles. The molecular formula is C18H19F3N6O3. The number of aryl methyl sites for hydroxylation is 3. The second-order valence-electron chi connectivity index (χ2n) is 6.57. The minimum absolute atomic E-state index is 0.645. The van der Waals surface area contributed by atoms with E-state index in [2.05, 4.69) is 30.6 Å². The number of aliphatic carboxylic acids is 1. The number of aromatic nitrogens is 5. The van der Waals surface area contributed by atoms with Crippen molar-refractivity contribution in [3.63, 3.8) is 0 Å². The van der Waals surface area contributed by atoms with Crippen LogP contribution >= 0.6 is 0 Å². The lowest BCUT2D eigenvalue weighted by molar-refractivity contribution is -0.192. The van der Waals surface area contributed by atoms with Gasteiger partial charge in [0.25, 0.3) is 0 Å². The molecule has 0 saturated heterocycles. The molecule has 3 aromatic heterocycles. The lowest BCUT2D eigenvalue weighted by Crippen LogP contribution is -2.24. The molecule has 0 aliphatic carbocycles. The van der Waals surface area contributed by atoms with Gasteiger partial charge in [-0.25, -0.2) is 4.79 Å². The Morgan fingerprint density at radius 2 is 2.07 bits per heavy atom. The van der Waals surface area contributed by atoms with Gasteiger partial charge in [-0.05, 0) is 43.0 Å². The Morgan fingerprint density at radius 3 is 2.73 bits per heavy atom. The highest BCUT2D eigenvalue weighted by Gasteiger charge is 2.38. The van der Waals surface area contributed by atoms with Crippen LogP contribution in [0.1, 0.15) is 28.3 Å². The number of hydrogen-bond donors (Lipinski definition) is 3. The summed E-state index contributed by atoms with van der Waals surface area (Å²) in [5.41, 5.74) is 5.63. The Morgan fingerprint density at radius 1 is 1.30 bits per heavy atom. The van der Waals surface area contributed by atoms with Crippen LogP contribution in [-0.2, 0) is 30.6 Å². The summed E-state index contributed by atoms with van der Waals surface area (Å²) in [5, 5.41) is 21.4. The molecule has 3 N–H and O–H groups in total. The van der Waals surface area contributed by atoms with Crippen LogP contribution in [-0.4, -0.2) is 49.1 Å². The van der Waals surface area contributed by atoms with E-state index in [4.69, 9.17) is 14.4 Å². The number of carboxylic acids is 1. The number of nitrogens with one attached hydrogen (secondary N) is 2. The first-order valence-corrected chi connectivity index (χ1v) is 9.04. The largest absolute Gasteiger partial charge is 0.490 e. The Kier molecular flexibility index (Phi) is 6.45. The molecule has 0 unspecified atom stereocenters. The monoisotopic (exact) mass is 424 g/mol. The van der Waals surface area contributed by atoms with Crippen molar-refractivity contribution < 1.29 is 27.6 Å². The van der Waals surface area contributed by atoms with Crippen LogP contribution in [0, 0.1) is 6.92 Å². The third-order valence-electron chi connectivity index (χ3n) is 4.45. The number of rotatable bonds is 4. The second kappa shape index (κ2) is 9.03. The van der Waals surface area contributed by atoms with Crippen molar-refractivity contribution in [1.82, 2.24) is 30.6 Å². The molecule has 0 aromatic carbocycles. The number of carbonyl (C=O) groups is 1. The van der Waals surface area contributed by atoms with Gasteiger partial charge in [-0.2, -0.15) is 23.3 Å². The van der Waals surface area contributed by atoms with Gasteiger partial charge in [0, 0.05) is 36.6 Å². The fourth-order valence-electron chi connectivity index (χ4n) is 2.99. The van der Waals surface area contributed by atoms with E-state index in [1.54, 1.807) is 0 Å². The van der Waals surface area contributed by atoms with E-state index in [1.807, 2.05) is 25.5 Å². The maximum absolute atomic E-state index is 10.6. The summed E-state index contributed by atoms with van der Waals surface area (Å²) in [4.78, 5) is 18.0. The van der Waals surface area contributed by atoms with Crippen LogP contribution in [0.15, 0.2) is 23.1 Å². The number of carboxylic acid groups (broad SMARTS) is 1. The van der Waals surface area contributed by atoms with Gasteiger partial charge >= 0.3 is 12.1 Å². The van der Waals surface area contributed by atoms with Gasteiger partial charge in [-0.15, -0.1) is 0 Å². The zero-order chi connectivity index (χ0) is 21.7. The number of halogens is 3. The van der Waals surface area contributed by atoms with Gasteiger partial charge in [-0.1, -0.05) is 5.16 Å². The fraction of sp³-hybridized carbons (Fsp3) is 0.389. The highest BCUT2D eigenvalue weighted by molar-refractivity contribution is 5.73. The number of hydrogen-bond acceptors (Lipinski definition) is 7. The van der Waals surface area contributed by atoms with E-state index in [0.717, 1.165) is 42.8 Å². The quantitative estimate of drug-likeness (QED) is 0.581. The van der Waals surface area contributed by atoms with Crippen LogP contribution in [0.5, 0.6) is 0 Å². The number of nitrogens with zero attached hydrogens (tertiary/aromatic N) is 4. The van der Waals surface area contributed by atoms with E-state index in [0.29, 0.717) is 18.1 Å². The highest BCUT2D eigenvalue weighted by atomic mass is 19.4. The maximum Gasteiger partial charge on any atom is 0.490 e. The molecule has 1 aliphatic rings. The topological polar surface area (TPSA) is 130 Å². The summed E-state index contributed by atoms with van der Waals surface area (Å²) in [6, 6.07) is 0. The van der Waals surface area contributed by atoms with Crippen molar-refractivity contribution in [3.8, 4) is 11.4 Å². The summed E-state index contributed by atoms with van der Waals surface area (Å²) in [5.74, 6) is -1.46. The first kappa shape index (κ1) is 21.4. The molecule has 30 heavy (non-hydrogen) atoms. The predicted octanol–water partition coefficient (Wildman–Crippen LogP) is 2.23. The molecule has 160 valence electrons. The molecular weight excluding hydrogens is 405 g/mol. The van der Waals surface area contributed by atoms with E-state index in [-0.39, 0.29) is 0 Å². The van der Waals surface area contributed by atoms with E-state index >= 15 is 0 Å². The lowest BCUT2D eigenvalue weighted by atomic mass is 9.95. The lowest BCUT2D eigenvalue weighted by Gasteiger charge is -2.19. The molecule has 0 radical (unpaired) electrons. The van der Waals surface area contributed by atoms with Crippen molar-refractivity contribution in [2.75, 3.05) is 6.54 Å². The van der Waals surface area contributed by atoms with Crippen molar-refractivity contribution in [3.05, 3.63) is 46.9 Å². The zero-order valence-electron chi connectivity index (χ0n) is 16.0. The van der Waals surface area contributed by atoms with Gasteiger partial charge < -0.3 is 14.9 Å². The first-order valence-electron chi connectivity index (χ1n) is 9.04. The Hall–Kier alpha value is -3.28. The molecule has 0 saturated carbocycles. The molecule has 12 heteroatoms. The van der Waals surface area contributed by atoms with Gasteiger partial charge in [0.1, 0.15) is 0 Å². The fourth-order valence-corrected chi connectivity index (χ4v) is 2.99. The number of pyridine rings is 1. The minimum atomic E-state index is -5.08. The van der Waals surface area contributed by atoms with Gasteiger partial charge in [0.05, 0.1) is 6.20 Å². The summed E-state index contributed by atoms with van der Waals surface area (Å²) in [7, 11) is 0. The number of H-pyrrole nitrogens is 1. The van der Waals surface area contributed by atoms with Crippen LogP contribution in [0.25, 0.3) is 11.4 Å². The van der Waals surface area contributed by atoms with Gasteiger partial charge in [0.15, 0.2) is 0 Å². The van der Waals surface area contributed by atoms with Gasteiger partial charge in [-0.3, -0.25) is 10.1 Å². The van der Waals surface area contributed by atoms with Crippen LogP contribution in [0.2, 0.25) is 0 Å². The number of aromatic amines is 1. The standard InChI is InChI=1S/C16H18N6O.C2HF3O2/c1-10-15(13-4-5-17-8-12(13)9-18-10)16-21-14(23-22-16)3-2-11-6-19-20-7-11;3-2(4,5)1(6)7/h6-7,9,17H,2-5,8H2,1H3,(H,19,20);(H,6,7). The summed E-state index contributed by atoms with van der Waals surface area (Å²) < 4.78 is 37.2. The van der Waals surface area contributed by atoms with Crippen LogP contribution in [0.4, 0.5) is 13.2 Å². The van der Waals surface area contributed by atoms with E-state index in [9.17, 15) is 13.2 Å². The average Bonchev–Trinajstić information content (AvgIpc) is 3.38. The highest BCUT2D eigenvalue weighted by Crippen LogP contribution is 2.28. The molecule has 9 nitrogen and oxygen atoms in total. The molecule has 0 amide bonds. The molecule has 0 fully saturated rings. The normalized spacial score (nSPS) is 13.3. The number of alkyl halides is 3. The SMILES string of the molecule is Cc1ncc2c(c1-c1noc(CCc3cn[nH]c3)n1)CCNC2.O=C(O)C(F)(F)F. The average molecular weight is 424 g/mol. The Bertz CT molecular complexity index is 1000. The van der Waals surface area contributed by atoms with Crippen molar-refractivity contribution in [1.29, 1.82) is 0 Å². The zero-order valence-corrected chi connectivity index (χ0v) is 16.0. The number of fused-ring (bicyclic) bond motifs is 1. The second-order valence-corrected chi connectivity index (χ2v) is 6.57. The first-order chi connectivity index (χ1) is 14.3. The van der Waals surface area contributed by atoms with Crippen LogP contribution < -0.4 is 5.32 Å². The van der Waals surface area contributed by atoms with E-state index in [1.165, 1.54) is 11.1 Å². The third kappa shape index (κ3) is 5.20. The predicted molar refractivity (Wildman–Crippen MR) is 97.4 cm³/mol. The van der Waals surface area contributed by atoms with Crippen molar-refractivity contribution in [2.24, 2.45) is 0 Å². The molecule has 4 heterocycles. The third-order valence-corrected chi connectivity index (χ3v) is 4.45. The van der Waals surface area contributed by atoms with Crippen molar-refractivity contribution >= 4 is 5.97 Å². The van der Waals surface area contributed by atoms with E-state index < -0.39 is 12.1 Å². The molecule has 0 atom stereocenters. The summed E-state index contributed by atoms with van der Waals surface area (Å²) >= 11 is 0. The van der Waals surface area contributed by atoms with Crippen molar-refractivity contribution in [2.45, 2.75) is 38.9 Å². The molecule has 4 rings (SSSR count). The maximum atomic E-state index is 10.6. The smallest absolute Gasteiger partial charge is 0.475 e. The Balaban J connectivity index is 0.000000318. The molecule has 0 bridgehead atoms. The minimum Gasteiger partial charge on any atom is -0.475 e. The molecule has 3 aromatic rings. The summed E-state index contributed by atoms with van der Waals surface area (Å²) in [6.07, 6.45) is 3.05. The molecule has 0 spiro atoms. The summed E-state index contributed by atoms with van der Waals surface area (Å²) in [6.45, 7) is 3.81.